The van der Waals surface area contributed by atoms with Gasteiger partial charge >= 0.3 is 12.0 Å². The van der Waals surface area contributed by atoms with Crippen molar-refractivity contribution in [2.45, 2.75) is 19.9 Å². The van der Waals surface area contributed by atoms with Gasteiger partial charge in [-0.3, -0.25) is 4.98 Å². The van der Waals surface area contributed by atoms with Crippen LogP contribution in [-0.4, -0.2) is 23.6 Å². The molecule has 0 radical (unpaired) electrons. The number of hydrogen-bond donors (Lipinski definition) is 2. The van der Waals surface area contributed by atoms with E-state index in [1.165, 1.54) is 0 Å². The minimum atomic E-state index is -0.589. The molecule has 6 heteroatoms. The van der Waals surface area contributed by atoms with Gasteiger partial charge in [-0.15, -0.1) is 0 Å². The van der Waals surface area contributed by atoms with Crippen LogP contribution in [0.3, 0.4) is 0 Å². The molecule has 100 valence electrons. The summed E-state index contributed by atoms with van der Waals surface area (Å²) in [6, 6.07) is 4.37. The highest BCUT2D eigenvalue weighted by molar-refractivity contribution is 5.94. The minimum Gasteiger partial charge on any atom is -0.463 e. The van der Waals surface area contributed by atoms with Crippen LogP contribution in [0.15, 0.2) is 35.7 Å². The smallest absolute Gasteiger partial charge is 0.338 e. The molecule has 0 fully saturated rings. The fraction of sp³-hybridized carbons (Fsp3) is 0.308. The van der Waals surface area contributed by atoms with Crippen LogP contribution >= 0.6 is 0 Å². The van der Waals surface area contributed by atoms with Gasteiger partial charge in [0.2, 0.25) is 0 Å². The Kier molecular flexibility index (Phi) is 3.79. The van der Waals surface area contributed by atoms with Crippen LogP contribution in [0.5, 0.6) is 0 Å². The zero-order valence-electron chi connectivity index (χ0n) is 10.8. The maximum Gasteiger partial charge on any atom is 0.338 e. The summed E-state index contributed by atoms with van der Waals surface area (Å²) in [7, 11) is 0. The Bertz CT molecular complexity index is 525. The first kappa shape index (κ1) is 13.1. The number of pyridine rings is 1. The second-order valence-electron chi connectivity index (χ2n) is 4.05. The normalized spacial score (nSPS) is 18.6. The molecule has 0 unspecified atom stereocenters. The van der Waals surface area contributed by atoms with Crippen molar-refractivity contribution in [2.24, 2.45) is 0 Å². The van der Waals surface area contributed by atoms with Gasteiger partial charge in [0.05, 0.1) is 17.9 Å². The third-order valence-electron chi connectivity index (χ3n) is 2.75. The number of carbonyl (C=O) groups excluding carboxylic acids is 2. The van der Waals surface area contributed by atoms with Crippen LogP contribution in [0.1, 0.15) is 25.6 Å². The second-order valence-corrected chi connectivity index (χ2v) is 4.05. The molecule has 1 atom stereocenters. The number of nitrogens with one attached hydrogen (secondary N) is 2. The highest BCUT2D eigenvalue weighted by atomic mass is 16.5. The number of esters is 1. The molecule has 6 nitrogen and oxygen atoms in total. The van der Waals surface area contributed by atoms with Gasteiger partial charge in [-0.1, -0.05) is 6.07 Å². The van der Waals surface area contributed by atoms with E-state index in [4.69, 9.17) is 4.74 Å². The molecule has 1 aromatic heterocycles. The average Bonchev–Trinajstić information content (AvgIpc) is 2.39. The molecule has 2 rings (SSSR count). The van der Waals surface area contributed by atoms with E-state index in [0.717, 1.165) is 0 Å². The largest absolute Gasteiger partial charge is 0.463 e. The van der Waals surface area contributed by atoms with Gasteiger partial charge in [0.25, 0.3) is 0 Å². The summed E-state index contributed by atoms with van der Waals surface area (Å²) in [6.07, 6.45) is 1.61. The average molecular weight is 261 g/mol. The highest BCUT2D eigenvalue weighted by Gasteiger charge is 2.32. The van der Waals surface area contributed by atoms with E-state index in [-0.39, 0.29) is 12.6 Å². The van der Waals surface area contributed by atoms with E-state index in [1.54, 1.807) is 38.2 Å². The fourth-order valence-corrected chi connectivity index (χ4v) is 1.94. The third-order valence-corrected chi connectivity index (χ3v) is 2.75. The summed E-state index contributed by atoms with van der Waals surface area (Å²) in [5.74, 6) is -0.455. The van der Waals surface area contributed by atoms with Crippen molar-refractivity contribution in [3.63, 3.8) is 0 Å². The van der Waals surface area contributed by atoms with Gasteiger partial charge in [-0.25, -0.2) is 9.59 Å². The molecule has 0 spiro atoms. The summed E-state index contributed by atoms with van der Waals surface area (Å²) in [5, 5.41) is 5.25. The van der Waals surface area contributed by atoms with Gasteiger partial charge in [0.1, 0.15) is 6.04 Å². The Hall–Kier alpha value is -2.37. The second kappa shape index (κ2) is 5.51. The topological polar surface area (TPSA) is 80.3 Å². The van der Waals surface area contributed by atoms with E-state index in [1.807, 2.05) is 0 Å². The number of urea groups is 1. The molecule has 19 heavy (non-hydrogen) atoms. The van der Waals surface area contributed by atoms with Crippen LogP contribution in [0.25, 0.3) is 0 Å². The van der Waals surface area contributed by atoms with Crippen LogP contribution < -0.4 is 10.6 Å². The van der Waals surface area contributed by atoms with Crippen molar-refractivity contribution in [2.75, 3.05) is 6.61 Å². The zero-order valence-corrected chi connectivity index (χ0v) is 10.8. The molecule has 2 heterocycles. The number of carbonyl (C=O) groups is 2. The van der Waals surface area contributed by atoms with Crippen LogP contribution in [0.2, 0.25) is 0 Å². The molecule has 2 amide bonds. The van der Waals surface area contributed by atoms with E-state index in [0.29, 0.717) is 17.0 Å². The van der Waals surface area contributed by atoms with Gasteiger partial charge in [0.15, 0.2) is 0 Å². The number of allylic oxidation sites excluding steroid dienone is 1. The van der Waals surface area contributed by atoms with Crippen molar-refractivity contribution < 1.29 is 14.3 Å². The van der Waals surface area contributed by atoms with E-state index in [9.17, 15) is 9.59 Å². The monoisotopic (exact) mass is 261 g/mol. The first-order chi connectivity index (χ1) is 9.13. The van der Waals surface area contributed by atoms with E-state index in [2.05, 4.69) is 15.6 Å². The summed E-state index contributed by atoms with van der Waals surface area (Å²) >= 11 is 0. The first-order valence-corrected chi connectivity index (χ1v) is 5.99. The zero-order chi connectivity index (χ0) is 13.8. The van der Waals surface area contributed by atoms with Gasteiger partial charge in [0, 0.05) is 11.9 Å². The third kappa shape index (κ3) is 2.73. The highest BCUT2D eigenvalue weighted by Crippen LogP contribution is 2.25. The van der Waals surface area contributed by atoms with Crippen LogP contribution in [0, 0.1) is 0 Å². The summed E-state index contributed by atoms with van der Waals surface area (Å²) in [6.45, 7) is 3.68. The molecule has 0 saturated carbocycles. The number of amides is 2. The molecular weight excluding hydrogens is 246 g/mol. The van der Waals surface area contributed by atoms with E-state index < -0.39 is 12.0 Å². The number of ether oxygens (including phenoxy) is 1. The number of hydrogen-bond acceptors (Lipinski definition) is 4. The fourth-order valence-electron chi connectivity index (χ4n) is 1.94. The lowest BCUT2D eigenvalue weighted by molar-refractivity contribution is -0.139. The first-order valence-electron chi connectivity index (χ1n) is 5.99. The van der Waals surface area contributed by atoms with Gasteiger partial charge in [-0.2, -0.15) is 0 Å². The molecule has 2 N–H and O–H groups in total. The quantitative estimate of drug-likeness (QED) is 0.803. The standard InChI is InChI=1S/C13H15N3O3/c1-3-19-12(17)10-8(2)15-13(18)16-11(10)9-6-4-5-7-14-9/h4-7,11H,3H2,1-2H3,(H2,15,16,18)/t11-/m0/s1. The molecule has 0 saturated heterocycles. The molecule has 1 aromatic rings. The number of rotatable bonds is 3. The minimum absolute atomic E-state index is 0.276. The Morgan fingerprint density at radius 1 is 1.47 bits per heavy atom. The van der Waals surface area contributed by atoms with Gasteiger partial charge in [-0.05, 0) is 26.0 Å². The van der Waals surface area contributed by atoms with Crippen molar-refractivity contribution in [1.29, 1.82) is 0 Å². The Morgan fingerprint density at radius 2 is 2.26 bits per heavy atom. The maximum atomic E-state index is 12.0. The van der Waals surface area contributed by atoms with E-state index >= 15 is 0 Å². The predicted octanol–water partition coefficient (Wildman–Crippen LogP) is 1.27. The van der Waals surface area contributed by atoms with Crippen molar-refractivity contribution in [3.8, 4) is 0 Å². The molecule has 0 bridgehead atoms. The Balaban J connectivity index is 2.41. The van der Waals surface area contributed by atoms with Crippen molar-refractivity contribution in [1.82, 2.24) is 15.6 Å². The van der Waals surface area contributed by atoms with Crippen LogP contribution in [0.4, 0.5) is 4.79 Å². The Labute approximate surface area is 110 Å². The molecular formula is C13H15N3O3. The van der Waals surface area contributed by atoms with Gasteiger partial charge < -0.3 is 15.4 Å². The molecule has 1 aliphatic rings. The molecule has 0 aliphatic carbocycles. The summed E-state index contributed by atoms with van der Waals surface area (Å²) in [4.78, 5) is 27.7. The molecule has 1 aliphatic heterocycles. The number of aromatic nitrogens is 1. The van der Waals surface area contributed by atoms with Crippen LogP contribution in [-0.2, 0) is 9.53 Å². The maximum absolute atomic E-state index is 12.0. The molecule has 0 aromatic carbocycles. The SMILES string of the molecule is CCOC(=O)C1=C(C)NC(=O)N[C@H]1c1ccccn1. The van der Waals surface area contributed by atoms with Crippen molar-refractivity contribution >= 4 is 12.0 Å². The number of nitrogens with zero attached hydrogens (tertiary/aromatic N) is 1. The lowest BCUT2D eigenvalue weighted by Crippen LogP contribution is -2.45. The lowest BCUT2D eigenvalue weighted by Gasteiger charge is -2.27. The Morgan fingerprint density at radius 3 is 2.89 bits per heavy atom. The summed E-state index contributed by atoms with van der Waals surface area (Å²) < 4.78 is 5.02. The summed E-state index contributed by atoms with van der Waals surface area (Å²) in [5.41, 5.74) is 1.46. The lowest BCUT2D eigenvalue weighted by atomic mass is 9.99. The van der Waals surface area contributed by atoms with Crippen molar-refractivity contribution in [3.05, 3.63) is 41.4 Å². The predicted molar refractivity (Wildman–Crippen MR) is 68.0 cm³/mol.